The van der Waals surface area contributed by atoms with Gasteiger partial charge in [-0.3, -0.25) is 4.79 Å². The van der Waals surface area contributed by atoms with E-state index in [4.69, 9.17) is 10.3 Å². The van der Waals surface area contributed by atoms with Crippen LogP contribution in [0.2, 0.25) is 0 Å². The summed E-state index contributed by atoms with van der Waals surface area (Å²) in [6.45, 7) is 4.64. The fraction of sp³-hybridized carbons (Fsp3) is 0.857. The van der Waals surface area contributed by atoms with E-state index >= 15 is 0 Å². The molecule has 6 heteroatoms. The highest BCUT2D eigenvalue weighted by molar-refractivity contribution is 5.76. The molecule has 0 amide bonds. The topological polar surface area (TPSA) is 87.1 Å². The molecule has 74 valence electrons. The molecule has 0 fully saturated rings. The van der Waals surface area contributed by atoms with Gasteiger partial charge in [0.05, 0.1) is 13.2 Å². The van der Waals surface area contributed by atoms with Crippen LogP contribution >= 0.6 is 0 Å². The van der Waals surface area contributed by atoms with Gasteiger partial charge in [-0.1, -0.05) is 12.0 Å². The predicted octanol–water partition coefficient (Wildman–Crippen LogP) is 0.838. The summed E-state index contributed by atoms with van der Waals surface area (Å²) >= 11 is 0. The molecule has 0 heterocycles. The van der Waals surface area contributed by atoms with Crippen molar-refractivity contribution in [2.45, 2.75) is 19.9 Å². The van der Waals surface area contributed by atoms with Gasteiger partial charge in [0.2, 0.25) is 0 Å². The number of rotatable bonds is 6. The van der Waals surface area contributed by atoms with Crippen LogP contribution in [-0.4, -0.2) is 31.7 Å². The SMILES string of the molecule is CCNC(CN=[N+]=[N-])C(=O)OCC. The van der Waals surface area contributed by atoms with Crippen LogP contribution in [0, 0.1) is 0 Å². The van der Waals surface area contributed by atoms with Crippen LogP contribution in [-0.2, 0) is 9.53 Å². The van der Waals surface area contributed by atoms with E-state index in [1.807, 2.05) is 6.92 Å². The number of esters is 1. The zero-order chi connectivity index (χ0) is 10.1. The van der Waals surface area contributed by atoms with Crippen LogP contribution in [0.15, 0.2) is 5.11 Å². The first-order valence-corrected chi connectivity index (χ1v) is 4.17. The average Bonchev–Trinajstić information content (AvgIpc) is 2.12. The number of nitrogens with zero attached hydrogens (tertiary/aromatic N) is 3. The predicted molar refractivity (Wildman–Crippen MR) is 48.1 cm³/mol. The second-order valence-corrected chi connectivity index (χ2v) is 2.28. The van der Waals surface area contributed by atoms with E-state index in [1.54, 1.807) is 6.92 Å². The highest BCUT2D eigenvalue weighted by atomic mass is 16.5. The Hall–Kier alpha value is -1.26. The monoisotopic (exact) mass is 186 g/mol. The molecule has 0 aromatic heterocycles. The molecule has 0 aromatic carbocycles. The Morgan fingerprint density at radius 1 is 1.69 bits per heavy atom. The molecule has 0 saturated heterocycles. The normalized spacial score (nSPS) is 11.5. The molecule has 1 N–H and O–H groups in total. The van der Waals surface area contributed by atoms with Crippen molar-refractivity contribution >= 4 is 5.97 Å². The molecule has 1 atom stereocenters. The molecule has 0 rings (SSSR count). The van der Waals surface area contributed by atoms with Crippen molar-refractivity contribution in [2.75, 3.05) is 19.7 Å². The van der Waals surface area contributed by atoms with Gasteiger partial charge in [-0.2, -0.15) is 0 Å². The first-order chi connectivity index (χ1) is 6.26. The molecule has 0 bridgehead atoms. The Kier molecular flexibility index (Phi) is 6.68. The maximum atomic E-state index is 11.2. The highest BCUT2D eigenvalue weighted by Crippen LogP contribution is 1.91. The van der Waals surface area contributed by atoms with Crippen LogP contribution in [0.25, 0.3) is 10.4 Å². The lowest BCUT2D eigenvalue weighted by atomic mass is 10.3. The quantitative estimate of drug-likeness (QED) is 0.288. The standard InChI is InChI=1S/C7H14N4O2/c1-3-9-6(5-10-11-8)7(12)13-4-2/h6,9H,3-5H2,1-2H3. The van der Waals surface area contributed by atoms with Gasteiger partial charge in [-0.05, 0) is 19.0 Å². The number of nitrogens with one attached hydrogen (secondary N) is 1. The molecule has 6 nitrogen and oxygen atoms in total. The largest absolute Gasteiger partial charge is 0.465 e. The Morgan fingerprint density at radius 3 is 2.85 bits per heavy atom. The van der Waals surface area contributed by atoms with Gasteiger partial charge < -0.3 is 10.1 Å². The second-order valence-electron chi connectivity index (χ2n) is 2.28. The van der Waals surface area contributed by atoms with Crippen LogP contribution < -0.4 is 5.32 Å². The molecule has 0 aliphatic rings. The van der Waals surface area contributed by atoms with Crippen molar-refractivity contribution in [1.29, 1.82) is 0 Å². The van der Waals surface area contributed by atoms with Crippen molar-refractivity contribution in [3.63, 3.8) is 0 Å². The summed E-state index contributed by atoms with van der Waals surface area (Å²) in [5.74, 6) is -0.378. The van der Waals surface area contributed by atoms with Gasteiger partial charge in [0.25, 0.3) is 0 Å². The zero-order valence-corrected chi connectivity index (χ0v) is 7.86. The summed E-state index contributed by atoms with van der Waals surface area (Å²) in [5.41, 5.74) is 8.07. The van der Waals surface area contributed by atoms with Crippen LogP contribution in [0.4, 0.5) is 0 Å². The molecular formula is C7H14N4O2. The summed E-state index contributed by atoms with van der Waals surface area (Å²) in [6, 6.07) is -0.527. The fourth-order valence-corrected chi connectivity index (χ4v) is 0.830. The third-order valence-electron chi connectivity index (χ3n) is 1.35. The van der Waals surface area contributed by atoms with E-state index in [0.717, 1.165) is 0 Å². The van der Waals surface area contributed by atoms with Crippen LogP contribution in [0.1, 0.15) is 13.8 Å². The third kappa shape index (κ3) is 5.05. The maximum Gasteiger partial charge on any atom is 0.323 e. The fourth-order valence-electron chi connectivity index (χ4n) is 0.830. The Bertz CT molecular complexity index is 201. The average molecular weight is 186 g/mol. The number of hydrogen-bond donors (Lipinski definition) is 1. The van der Waals surface area contributed by atoms with Crippen molar-refractivity contribution in [1.82, 2.24) is 5.32 Å². The molecule has 0 radical (unpaired) electrons. The van der Waals surface area contributed by atoms with Crippen LogP contribution in [0.5, 0.6) is 0 Å². The lowest BCUT2D eigenvalue weighted by Gasteiger charge is -2.13. The molecule has 0 aliphatic heterocycles. The zero-order valence-electron chi connectivity index (χ0n) is 7.86. The van der Waals surface area contributed by atoms with Gasteiger partial charge in [0.1, 0.15) is 6.04 Å². The summed E-state index contributed by atoms with van der Waals surface area (Å²) in [4.78, 5) is 13.7. The molecule has 13 heavy (non-hydrogen) atoms. The first kappa shape index (κ1) is 11.7. The van der Waals surface area contributed by atoms with E-state index < -0.39 is 6.04 Å². The number of ether oxygens (including phenoxy) is 1. The summed E-state index contributed by atoms with van der Waals surface area (Å²) in [7, 11) is 0. The summed E-state index contributed by atoms with van der Waals surface area (Å²) in [5, 5.41) is 6.17. The molecule has 0 spiro atoms. The van der Waals surface area contributed by atoms with E-state index in [2.05, 4.69) is 15.3 Å². The van der Waals surface area contributed by atoms with Gasteiger partial charge in [0, 0.05) is 4.91 Å². The van der Waals surface area contributed by atoms with Crippen molar-refractivity contribution in [3.05, 3.63) is 10.4 Å². The first-order valence-electron chi connectivity index (χ1n) is 4.17. The Morgan fingerprint density at radius 2 is 2.38 bits per heavy atom. The van der Waals surface area contributed by atoms with Crippen molar-refractivity contribution in [3.8, 4) is 0 Å². The molecule has 0 aliphatic carbocycles. The van der Waals surface area contributed by atoms with Gasteiger partial charge in [-0.25, -0.2) is 0 Å². The van der Waals surface area contributed by atoms with E-state index in [-0.39, 0.29) is 12.5 Å². The van der Waals surface area contributed by atoms with Crippen molar-refractivity contribution in [2.24, 2.45) is 5.11 Å². The molecular weight excluding hydrogens is 172 g/mol. The summed E-state index contributed by atoms with van der Waals surface area (Å²) in [6.07, 6.45) is 0. The third-order valence-corrected chi connectivity index (χ3v) is 1.35. The lowest BCUT2D eigenvalue weighted by Crippen LogP contribution is -2.40. The minimum atomic E-state index is -0.527. The van der Waals surface area contributed by atoms with Crippen molar-refractivity contribution < 1.29 is 9.53 Å². The highest BCUT2D eigenvalue weighted by Gasteiger charge is 2.16. The Labute approximate surface area is 76.9 Å². The van der Waals surface area contributed by atoms with E-state index in [0.29, 0.717) is 13.2 Å². The van der Waals surface area contributed by atoms with E-state index in [9.17, 15) is 4.79 Å². The summed E-state index contributed by atoms with van der Waals surface area (Å²) < 4.78 is 4.77. The van der Waals surface area contributed by atoms with Crippen LogP contribution in [0.3, 0.4) is 0 Å². The van der Waals surface area contributed by atoms with Gasteiger partial charge >= 0.3 is 5.97 Å². The number of likely N-dealkylation sites (N-methyl/N-ethyl adjacent to an activating group) is 1. The molecule has 0 saturated carbocycles. The maximum absolute atomic E-state index is 11.2. The smallest absolute Gasteiger partial charge is 0.323 e. The molecule has 0 aromatic rings. The lowest BCUT2D eigenvalue weighted by molar-refractivity contribution is -0.145. The minimum Gasteiger partial charge on any atom is -0.465 e. The molecule has 1 unspecified atom stereocenters. The number of azide groups is 1. The number of hydrogen-bond acceptors (Lipinski definition) is 4. The van der Waals surface area contributed by atoms with Gasteiger partial charge in [0.15, 0.2) is 0 Å². The second kappa shape index (κ2) is 7.39. The minimum absolute atomic E-state index is 0.0865. The van der Waals surface area contributed by atoms with E-state index in [1.165, 1.54) is 0 Å². The van der Waals surface area contributed by atoms with Gasteiger partial charge in [-0.15, -0.1) is 0 Å². The number of carbonyl (C=O) groups is 1. The Balaban J connectivity index is 4.05. The number of carbonyl (C=O) groups excluding carboxylic acids is 1.